The van der Waals surface area contributed by atoms with Crippen LogP contribution in [-0.4, -0.2) is 4.98 Å². The molecule has 0 atom stereocenters. The molecule has 2 aromatic carbocycles. The van der Waals surface area contributed by atoms with Crippen LogP contribution in [-0.2, 0) is 0 Å². The molecule has 0 saturated carbocycles. The highest BCUT2D eigenvalue weighted by atomic mass is 19.1. The Balaban J connectivity index is 2.32. The molecule has 21 heavy (non-hydrogen) atoms. The van der Waals surface area contributed by atoms with Crippen LogP contribution < -0.4 is 0 Å². The van der Waals surface area contributed by atoms with Crippen molar-refractivity contribution >= 4 is 10.8 Å². The number of benzene rings is 2. The van der Waals surface area contributed by atoms with Crippen LogP contribution in [0.25, 0.3) is 22.0 Å². The van der Waals surface area contributed by atoms with Crippen LogP contribution in [0.15, 0.2) is 36.4 Å². The molecule has 0 fully saturated rings. The number of aromatic nitrogens is 1. The molecule has 4 heteroatoms. The second-order valence-electron chi connectivity index (χ2n) is 5.08. The van der Waals surface area contributed by atoms with Gasteiger partial charge in [-0.15, -0.1) is 0 Å². The molecule has 3 rings (SSSR count). The predicted molar refractivity (Wildman–Crippen MR) is 76.5 cm³/mol. The summed E-state index contributed by atoms with van der Waals surface area (Å²) in [6.07, 6.45) is 0. The summed E-state index contributed by atoms with van der Waals surface area (Å²) in [7, 11) is 0. The van der Waals surface area contributed by atoms with Gasteiger partial charge in [-0.05, 0) is 31.4 Å². The van der Waals surface area contributed by atoms with Crippen molar-refractivity contribution in [2.45, 2.75) is 13.8 Å². The van der Waals surface area contributed by atoms with Gasteiger partial charge in [-0.25, -0.2) is 13.8 Å². The van der Waals surface area contributed by atoms with E-state index in [0.717, 1.165) is 5.56 Å². The average molecular weight is 287 g/mol. The van der Waals surface area contributed by atoms with Crippen molar-refractivity contribution in [1.82, 2.24) is 4.98 Å². The first-order valence-corrected chi connectivity index (χ1v) is 6.49. The molecule has 0 bridgehead atoms. The molecule has 3 aromatic rings. The van der Waals surface area contributed by atoms with E-state index < -0.39 is 17.6 Å². The van der Waals surface area contributed by atoms with Gasteiger partial charge in [0.05, 0.1) is 11.3 Å². The van der Waals surface area contributed by atoms with Crippen LogP contribution in [0.4, 0.5) is 13.2 Å². The van der Waals surface area contributed by atoms with Gasteiger partial charge in [-0.3, -0.25) is 0 Å². The van der Waals surface area contributed by atoms with E-state index in [2.05, 4.69) is 4.98 Å². The third kappa shape index (κ3) is 2.27. The zero-order valence-corrected chi connectivity index (χ0v) is 11.5. The lowest BCUT2D eigenvalue weighted by Crippen LogP contribution is -1.97. The van der Waals surface area contributed by atoms with Gasteiger partial charge in [0.25, 0.3) is 0 Å². The minimum atomic E-state index is -0.749. The fourth-order valence-electron chi connectivity index (χ4n) is 2.33. The van der Waals surface area contributed by atoms with Crippen molar-refractivity contribution in [3.05, 3.63) is 65.1 Å². The molecule has 0 saturated heterocycles. The summed E-state index contributed by atoms with van der Waals surface area (Å²) in [6.45, 7) is 3.39. The normalized spacial score (nSPS) is 11.1. The van der Waals surface area contributed by atoms with E-state index in [1.54, 1.807) is 25.1 Å². The summed E-state index contributed by atoms with van der Waals surface area (Å²) in [6, 6.07) is 9.16. The Bertz CT molecular complexity index is 856. The predicted octanol–water partition coefficient (Wildman–Crippen LogP) is 4.94. The van der Waals surface area contributed by atoms with Gasteiger partial charge in [0.15, 0.2) is 0 Å². The van der Waals surface area contributed by atoms with E-state index in [1.807, 2.05) is 6.92 Å². The lowest BCUT2D eigenvalue weighted by Gasteiger charge is -2.09. The van der Waals surface area contributed by atoms with Gasteiger partial charge in [0.1, 0.15) is 11.6 Å². The van der Waals surface area contributed by atoms with Gasteiger partial charge in [0, 0.05) is 10.9 Å². The molecule has 0 aliphatic heterocycles. The topological polar surface area (TPSA) is 12.9 Å². The van der Waals surface area contributed by atoms with Crippen LogP contribution in [0.3, 0.4) is 0 Å². The fourth-order valence-corrected chi connectivity index (χ4v) is 2.33. The summed E-state index contributed by atoms with van der Waals surface area (Å²) in [5.74, 6) is -2.20. The minimum Gasteiger partial charge on any atom is -0.219 e. The Kier molecular flexibility index (Phi) is 3.16. The SMILES string of the molecule is Cc1ccc2c(F)c(-c3ccc(C)c(F)n3)c(F)cc2c1. The maximum Gasteiger partial charge on any atom is 0.216 e. The number of rotatable bonds is 1. The Morgan fingerprint density at radius 2 is 1.67 bits per heavy atom. The van der Waals surface area contributed by atoms with E-state index in [4.69, 9.17) is 0 Å². The largest absolute Gasteiger partial charge is 0.219 e. The fraction of sp³-hybridized carbons (Fsp3) is 0.118. The Morgan fingerprint density at radius 3 is 2.38 bits per heavy atom. The molecule has 0 unspecified atom stereocenters. The Morgan fingerprint density at radius 1 is 0.905 bits per heavy atom. The summed E-state index contributed by atoms with van der Waals surface area (Å²) in [5.41, 5.74) is 0.894. The van der Waals surface area contributed by atoms with E-state index in [1.165, 1.54) is 18.2 Å². The van der Waals surface area contributed by atoms with Crippen molar-refractivity contribution < 1.29 is 13.2 Å². The zero-order valence-electron chi connectivity index (χ0n) is 11.5. The molecule has 1 aromatic heterocycles. The van der Waals surface area contributed by atoms with Crippen LogP contribution in [0.2, 0.25) is 0 Å². The maximum absolute atomic E-state index is 14.6. The van der Waals surface area contributed by atoms with Crippen LogP contribution in [0.5, 0.6) is 0 Å². The highest BCUT2D eigenvalue weighted by molar-refractivity contribution is 5.88. The summed E-state index contributed by atoms with van der Waals surface area (Å²) >= 11 is 0. The average Bonchev–Trinajstić information content (AvgIpc) is 2.42. The summed E-state index contributed by atoms with van der Waals surface area (Å²) in [5, 5.41) is 0.765. The van der Waals surface area contributed by atoms with Crippen molar-refractivity contribution in [2.24, 2.45) is 0 Å². The van der Waals surface area contributed by atoms with Gasteiger partial charge in [0.2, 0.25) is 5.95 Å². The van der Waals surface area contributed by atoms with Crippen molar-refractivity contribution in [3.8, 4) is 11.3 Å². The molecule has 1 nitrogen and oxygen atoms in total. The van der Waals surface area contributed by atoms with Gasteiger partial charge in [-0.1, -0.05) is 29.8 Å². The second-order valence-corrected chi connectivity index (χ2v) is 5.08. The summed E-state index contributed by atoms with van der Waals surface area (Å²) < 4.78 is 42.3. The quantitative estimate of drug-likeness (QED) is 0.578. The molecule has 0 N–H and O–H groups in total. The monoisotopic (exact) mass is 287 g/mol. The van der Waals surface area contributed by atoms with Crippen LogP contribution in [0.1, 0.15) is 11.1 Å². The van der Waals surface area contributed by atoms with E-state index in [-0.39, 0.29) is 11.3 Å². The lowest BCUT2D eigenvalue weighted by molar-refractivity contribution is 0.571. The zero-order chi connectivity index (χ0) is 15.1. The van der Waals surface area contributed by atoms with Gasteiger partial charge in [-0.2, -0.15) is 4.39 Å². The Hall–Kier alpha value is -2.36. The molecule has 0 aliphatic carbocycles. The van der Waals surface area contributed by atoms with Crippen molar-refractivity contribution in [2.75, 3.05) is 0 Å². The molecule has 0 spiro atoms. The lowest BCUT2D eigenvalue weighted by atomic mass is 10.0. The highest BCUT2D eigenvalue weighted by Crippen LogP contribution is 2.31. The maximum atomic E-state index is 14.6. The van der Waals surface area contributed by atoms with Crippen LogP contribution >= 0.6 is 0 Å². The van der Waals surface area contributed by atoms with Crippen molar-refractivity contribution in [1.29, 1.82) is 0 Å². The van der Waals surface area contributed by atoms with Gasteiger partial charge >= 0.3 is 0 Å². The standard InChI is InChI=1S/C17H12F3N/c1-9-3-5-12-11(7-9)8-13(18)15(16(12)19)14-6-4-10(2)17(20)21-14/h3-8H,1-2H3. The summed E-state index contributed by atoms with van der Waals surface area (Å²) in [4.78, 5) is 3.64. The molecule has 0 radical (unpaired) electrons. The first-order chi connectivity index (χ1) is 9.97. The number of nitrogens with zero attached hydrogens (tertiary/aromatic N) is 1. The molecular formula is C17H12F3N. The van der Waals surface area contributed by atoms with Gasteiger partial charge < -0.3 is 0 Å². The smallest absolute Gasteiger partial charge is 0.216 e. The van der Waals surface area contributed by atoms with E-state index in [9.17, 15) is 13.2 Å². The van der Waals surface area contributed by atoms with Crippen LogP contribution in [0, 0.1) is 31.4 Å². The number of fused-ring (bicyclic) bond motifs is 1. The first-order valence-electron chi connectivity index (χ1n) is 6.49. The number of hydrogen-bond donors (Lipinski definition) is 0. The number of hydrogen-bond acceptors (Lipinski definition) is 1. The molecule has 1 heterocycles. The second kappa shape index (κ2) is 4.88. The third-order valence-electron chi connectivity index (χ3n) is 3.48. The van der Waals surface area contributed by atoms with Crippen molar-refractivity contribution in [3.63, 3.8) is 0 Å². The first kappa shape index (κ1) is 13.6. The molecular weight excluding hydrogens is 275 g/mol. The number of halogens is 3. The van der Waals surface area contributed by atoms with E-state index >= 15 is 0 Å². The van der Waals surface area contributed by atoms with E-state index in [0.29, 0.717) is 16.3 Å². The molecule has 0 aliphatic rings. The minimum absolute atomic E-state index is 0.0458. The number of aryl methyl sites for hydroxylation is 2. The number of pyridine rings is 1. The highest BCUT2D eigenvalue weighted by Gasteiger charge is 2.17. The third-order valence-corrected chi connectivity index (χ3v) is 3.48. The molecule has 106 valence electrons. The molecule has 0 amide bonds. The Labute approximate surface area is 120 Å².